The van der Waals surface area contributed by atoms with Crippen molar-refractivity contribution in [3.63, 3.8) is 0 Å². The van der Waals surface area contributed by atoms with E-state index < -0.39 is 21.1 Å². The monoisotopic (exact) mass is 485 g/mol. The quantitative estimate of drug-likeness (QED) is 0.380. The zero-order valence-electron chi connectivity index (χ0n) is 17.1. The molecule has 168 valence electrons. The molecular formula is C22H16ClN3O6S. The Hall–Kier alpha value is -3.76. The Morgan fingerprint density at radius 1 is 0.909 bits per heavy atom. The van der Waals surface area contributed by atoms with Gasteiger partial charge >= 0.3 is 11.1 Å². The van der Waals surface area contributed by atoms with E-state index in [1.54, 1.807) is 31.2 Å². The number of aryl methyl sites for hydroxylation is 1. The fourth-order valence-corrected chi connectivity index (χ4v) is 5.22. The first-order valence-electron chi connectivity index (χ1n) is 9.71. The minimum absolute atomic E-state index is 0.0475. The maximum atomic E-state index is 13.1. The van der Waals surface area contributed by atoms with Crippen molar-refractivity contribution in [1.82, 2.24) is 9.97 Å². The second-order valence-electron chi connectivity index (χ2n) is 7.44. The van der Waals surface area contributed by atoms with Crippen molar-refractivity contribution in [2.45, 2.75) is 11.8 Å². The third-order valence-electron chi connectivity index (χ3n) is 5.21. The predicted molar refractivity (Wildman–Crippen MR) is 124 cm³/mol. The first-order chi connectivity index (χ1) is 15.7. The van der Waals surface area contributed by atoms with E-state index in [0.29, 0.717) is 33.2 Å². The van der Waals surface area contributed by atoms with Gasteiger partial charge in [-0.2, -0.15) is 0 Å². The zero-order chi connectivity index (χ0) is 23.3. The van der Waals surface area contributed by atoms with Crippen LogP contribution in [-0.2, 0) is 10.0 Å². The number of aromatic nitrogens is 2. The number of aromatic amines is 2. The Morgan fingerprint density at radius 3 is 2.33 bits per heavy atom. The normalized spacial score (nSPS) is 12.8. The summed E-state index contributed by atoms with van der Waals surface area (Å²) in [6.45, 7) is 1.75. The molecule has 0 aliphatic carbocycles. The van der Waals surface area contributed by atoms with Crippen LogP contribution >= 0.6 is 11.6 Å². The van der Waals surface area contributed by atoms with Gasteiger partial charge in [0.2, 0.25) is 6.79 Å². The highest BCUT2D eigenvalue weighted by Crippen LogP contribution is 2.38. The van der Waals surface area contributed by atoms with Gasteiger partial charge in [-0.05, 0) is 54.4 Å². The number of fused-ring (bicyclic) bond motifs is 2. The van der Waals surface area contributed by atoms with Crippen LogP contribution in [0.25, 0.3) is 22.2 Å². The maximum absolute atomic E-state index is 13.1. The smallest absolute Gasteiger partial charge is 0.314 e. The van der Waals surface area contributed by atoms with Gasteiger partial charge in [0.15, 0.2) is 11.5 Å². The lowest BCUT2D eigenvalue weighted by Gasteiger charge is -2.13. The third kappa shape index (κ3) is 3.83. The summed E-state index contributed by atoms with van der Waals surface area (Å²) in [5, 5.41) is 0.339. The Kier molecular flexibility index (Phi) is 4.91. The van der Waals surface area contributed by atoms with E-state index in [9.17, 15) is 18.0 Å². The second kappa shape index (κ2) is 7.68. The molecule has 0 atom stereocenters. The lowest BCUT2D eigenvalue weighted by molar-refractivity contribution is 0.174. The van der Waals surface area contributed by atoms with Crippen LogP contribution in [0, 0.1) is 6.92 Å². The SMILES string of the molecule is Cc1cc2[nH]c(=O)c(=O)[nH]c2cc1S(=O)(=O)Nc1ccc(-c2ccc3c(c2)OCO3)c(Cl)c1. The lowest BCUT2D eigenvalue weighted by atomic mass is 10.0. The van der Waals surface area contributed by atoms with E-state index in [0.717, 1.165) is 5.56 Å². The van der Waals surface area contributed by atoms with E-state index in [-0.39, 0.29) is 22.9 Å². The summed E-state index contributed by atoms with van der Waals surface area (Å²) in [5.41, 5.74) is 0.985. The van der Waals surface area contributed by atoms with E-state index in [1.807, 2.05) is 6.07 Å². The molecule has 0 saturated carbocycles. The van der Waals surface area contributed by atoms with Crippen molar-refractivity contribution in [3.8, 4) is 22.6 Å². The molecule has 9 nitrogen and oxygen atoms in total. The van der Waals surface area contributed by atoms with Crippen molar-refractivity contribution in [1.29, 1.82) is 0 Å². The van der Waals surface area contributed by atoms with Gasteiger partial charge in [-0.1, -0.05) is 23.7 Å². The van der Waals surface area contributed by atoms with E-state index in [2.05, 4.69) is 14.7 Å². The summed E-state index contributed by atoms with van der Waals surface area (Å²) in [4.78, 5) is 27.9. The van der Waals surface area contributed by atoms with Crippen molar-refractivity contribution in [2.75, 3.05) is 11.5 Å². The summed E-state index contributed by atoms with van der Waals surface area (Å²) in [5.74, 6) is 1.26. The molecule has 3 aromatic carbocycles. The fourth-order valence-electron chi connectivity index (χ4n) is 3.63. The summed E-state index contributed by atoms with van der Waals surface area (Å²) in [6.07, 6.45) is 0. The minimum Gasteiger partial charge on any atom is -0.454 e. The minimum atomic E-state index is -4.02. The molecule has 3 N–H and O–H groups in total. The van der Waals surface area contributed by atoms with E-state index >= 15 is 0 Å². The standard InChI is InChI=1S/C22H16ClN3O6S/c1-11-6-16-17(25-22(28)21(27)24-16)9-20(11)33(29,30)26-13-3-4-14(15(23)8-13)12-2-5-18-19(7-12)32-10-31-18/h2-9,26H,10H2,1H3,(H,24,27)(H,25,28). The molecule has 1 aliphatic rings. The second-order valence-corrected chi connectivity index (χ2v) is 9.50. The number of sulfonamides is 1. The molecule has 0 amide bonds. The summed E-state index contributed by atoms with van der Waals surface area (Å²) in [6, 6.07) is 13.0. The molecule has 1 aliphatic heterocycles. The predicted octanol–water partition coefficient (Wildman–Crippen LogP) is 3.37. The average Bonchev–Trinajstić information content (AvgIpc) is 3.22. The maximum Gasteiger partial charge on any atom is 0.314 e. The molecular weight excluding hydrogens is 470 g/mol. The van der Waals surface area contributed by atoms with Crippen LogP contribution < -0.4 is 25.3 Å². The van der Waals surface area contributed by atoms with Gasteiger partial charge in [0.1, 0.15) is 0 Å². The molecule has 1 aromatic heterocycles. The van der Waals surface area contributed by atoms with Crippen molar-refractivity contribution in [2.24, 2.45) is 0 Å². The Labute approximate surface area is 192 Å². The molecule has 0 unspecified atom stereocenters. The number of nitrogens with one attached hydrogen (secondary N) is 3. The van der Waals surface area contributed by atoms with E-state index in [4.69, 9.17) is 21.1 Å². The highest BCUT2D eigenvalue weighted by molar-refractivity contribution is 7.92. The van der Waals surface area contributed by atoms with Crippen LogP contribution in [0.3, 0.4) is 0 Å². The highest BCUT2D eigenvalue weighted by Gasteiger charge is 2.20. The molecule has 0 spiro atoms. The van der Waals surface area contributed by atoms with Crippen LogP contribution in [0.5, 0.6) is 11.5 Å². The summed E-state index contributed by atoms with van der Waals surface area (Å²) < 4.78 is 39.3. The molecule has 2 heterocycles. The number of ether oxygens (including phenoxy) is 2. The van der Waals surface area contributed by atoms with Crippen molar-refractivity contribution < 1.29 is 17.9 Å². The number of anilines is 1. The van der Waals surface area contributed by atoms with Crippen LogP contribution in [0.2, 0.25) is 5.02 Å². The molecule has 33 heavy (non-hydrogen) atoms. The molecule has 0 radical (unpaired) electrons. The number of H-pyrrole nitrogens is 2. The topological polar surface area (TPSA) is 130 Å². The van der Waals surface area contributed by atoms with Gasteiger partial charge in [0, 0.05) is 5.56 Å². The summed E-state index contributed by atoms with van der Waals surface area (Å²) >= 11 is 6.45. The molecule has 0 saturated heterocycles. The van der Waals surface area contributed by atoms with Crippen LogP contribution in [0.4, 0.5) is 5.69 Å². The lowest BCUT2D eigenvalue weighted by Crippen LogP contribution is -2.29. The van der Waals surface area contributed by atoms with Gasteiger partial charge in [-0.3, -0.25) is 14.3 Å². The van der Waals surface area contributed by atoms with Crippen molar-refractivity contribution >= 4 is 38.3 Å². The molecule has 5 rings (SSSR count). The van der Waals surface area contributed by atoms with E-state index in [1.165, 1.54) is 18.2 Å². The molecule has 0 bridgehead atoms. The van der Waals surface area contributed by atoms with Gasteiger partial charge in [-0.25, -0.2) is 8.42 Å². The molecule has 0 fully saturated rings. The summed E-state index contributed by atoms with van der Waals surface area (Å²) in [7, 11) is -4.02. The molecule has 4 aromatic rings. The van der Waals surface area contributed by atoms with Gasteiger partial charge in [-0.15, -0.1) is 0 Å². The van der Waals surface area contributed by atoms with Crippen LogP contribution in [0.15, 0.2) is 63.0 Å². The first kappa shape index (κ1) is 21.1. The number of benzene rings is 3. The number of hydrogen-bond acceptors (Lipinski definition) is 6. The van der Waals surface area contributed by atoms with Crippen molar-refractivity contribution in [3.05, 3.63) is 79.8 Å². The van der Waals surface area contributed by atoms with Gasteiger partial charge in [0.25, 0.3) is 10.0 Å². The van der Waals surface area contributed by atoms with Crippen LogP contribution in [0.1, 0.15) is 5.56 Å². The Bertz CT molecular complexity index is 1660. The van der Waals surface area contributed by atoms with Crippen LogP contribution in [-0.4, -0.2) is 25.2 Å². The zero-order valence-corrected chi connectivity index (χ0v) is 18.6. The van der Waals surface area contributed by atoms with Gasteiger partial charge < -0.3 is 19.4 Å². The third-order valence-corrected chi connectivity index (χ3v) is 7.05. The molecule has 11 heteroatoms. The Morgan fingerprint density at radius 2 is 1.61 bits per heavy atom. The average molecular weight is 486 g/mol. The fraction of sp³-hybridized carbons (Fsp3) is 0.0909. The van der Waals surface area contributed by atoms with Gasteiger partial charge in [0.05, 0.1) is 26.6 Å². The first-order valence-corrected chi connectivity index (χ1v) is 11.6. The number of hydrogen-bond donors (Lipinski definition) is 3. The largest absolute Gasteiger partial charge is 0.454 e. The number of rotatable bonds is 4. The number of halogens is 1. The Balaban J connectivity index is 1.48. The highest BCUT2D eigenvalue weighted by atomic mass is 35.5.